The van der Waals surface area contributed by atoms with Crippen LogP contribution in [0.2, 0.25) is 10.0 Å². The second-order valence-electron chi connectivity index (χ2n) is 7.90. The average molecular weight is 510 g/mol. The van der Waals surface area contributed by atoms with E-state index in [-0.39, 0.29) is 6.61 Å². The summed E-state index contributed by atoms with van der Waals surface area (Å²) in [6.45, 7) is 6.38. The summed E-state index contributed by atoms with van der Waals surface area (Å²) in [5.74, 6) is 0. The van der Waals surface area contributed by atoms with E-state index in [2.05, 4.69) is 29.4 Å². The minimum absolute atomic E-state index is 0.0931. The van der Waals surface area contributed by atoms with E-state index >= 15 is 0 Å². The molecule has 2 rings (SSSR count). The molecule has 0 saturated heterocycles. The average Bonchev–Trinajstić information content (AvgIpc) is 2.79. The number of amides is 2. The molecule has 0 aliphatic carbocycles. The minimum atomic E-state index is -0.655. The Morgan fingerprint density at radius 2 is 1.41 bits per heavy atom. The molecular formula is C25H33Cl2N3O4. The maximum Gasteiger partial charge on any atom is 0.412 e. The standard InChI is InChI=1S/C25H33Cl2N3O4/c1-3-5-13-30(14-6-4-2)17-23(34-25(32)29-22-12-8-10-20(27)16-22)18-33-24(31)28-21-11-7-9-19(26)15-21/h7-12,15-16,23H,3-6,13-14,17-18H2,1-2H3,(H,28,31)(H,29,32). The number of unbranched alkanes of at least 4 members (excludes halogenated alkanes) is 2. The van der Waals surface area contributed by atoms with Crippen molar-refractivity contribution in [3.05, 3.63) is 58.6 Å². The third-order valence-corrected chi connectivity index (χ3v) is 5.40. The summed E-state index contributed by atoms with van der Waals surface area (Å²) < 4.78 is 11.0. The molecular weight excluding hydrogens is 477 g/mol. The lowest BCUT2D eigenvalue weighted by Gasteiger charge is -2.27. The number of carbonyl (C=O) groups excluding carboxylic acids is 2. The molecule has 186 valence electrons. The fourth-order valence-corrected chi connectivity index (χ4v) is 3.60. The van der Waals surface area contributed by atoms with E-state index in [4.69, 9.17) is 32.7 Å². The van der Waals surface area contributed by atoms with Gasteiger partial charge in [0.05, 0.1) is 0 Å². The summed E-state index contributed by atoms with van der Waals surface area (Å²) in [4.78, 5) is 27.1. The van der Waals surface area contributed by atoms with E-state index in [1.165, 1.54) is 0 Å². The highest BCUT2D eigenvalue weighted by atomic mass is 35.5. The fourth-order valence-electron chi connectivity index (χ4n) is 3.22. The van der Waals surface area contributed by atoms with Crippen LogP contribution in [-0.2, 0) is 9.47 Å². The summed E-state index contributed by atoms with van der Waals surface area (Å²) in [7, 11) is 0. The predicted octanol–water partition coefficient (Wildman–Crippen LogP) is 7.06. The number of nitrogens with one attached hydrogen (secondary N) is 2. The van der Waals surface area contributed by atoms with Crippen molar-refractivity contribution in [2.75, 3.05) is 36.9 Å². The van der Waals surface area contributed by atoms with Crippen LogP contribution in [0.4, 0.5) is 21.0 Å². The number of carbonyl (C=O) groups is 2. The normalized spacial score (nSPS) is 11.7. The molecule has 0 bridgehead atoms. The highest BCUT2D eigenvalue weighted by molar-refractivity contribution is 6.31. The zero-order valence-electron chi connectivity index (χ0n) is 19.7. The zero-order chi connectivity index (χ0) is 24.8. The molecule has 0 aromatic heterocycles. The molecule has 0 radical (unpaired) electrons. The van der Waals surface area contributed by atoms with E-state index in [0.29, 0.717) is 28.0 Å². The van der Waals surface area contributed by atoms with E-state index in [1.54, 1.807) is 48.5 Å². The van der Waals surface area contributed by atoms with Gasteiger partial charge in [0.15, 0.2) is 6.10 Å². The van der Waals surface area contributed by atoms with E-state index in [1.807, 2.05) is 0 Å². The second kappa shape index (κ2) is 15.4. The van der Waals surface area contributed by atoms with Crippen molar-refractivity contribution in [2.24, 2.45) is 0 Å². The number of halogens is 2. The Morgan fingerprint density at radius 1 is 0.882 bits per heavy atom. The van der Waals surface area contributed by atoms with Crippen molar-refractivity contribution in [1.29, 1.82) is 0 Å². The first kappa shape index (κ1) is 27.8. The van der Waals surface area contributed by atoms with Crippen molar-refractivity contribution >= 4 is 46.8 Å². The summed E-state index contributed by atoms with van der Waals surface area (Å²) in [6.07, 6.45) is 2.22. The number of rotatable bonds is 13. The molecule has 0 heterocycles. The lowest BCUT2D eigenvalue weighted by molar-refractivity contribution is 0.0329. The van der Waals surface area contributed by atoms with Gasteiger partial charge >= 0.3 is 12.2 Å². The number of hydrogen-bond donors (Lipinski definition) is 2. The van der Waals surface area contributed by atoms with Gasteiger partial charge in [0.2, 0.25) is 0 Å². The van der Waals surface area contributed by atoms with Crippen molar-refractivity contribution in [3.8, 4) is 0 Å². The third-order valence-electron chi connectivity index (χ3n) is 4.93. The SMILES string of the molecule is CCCCN(CCCC)CC(COC(=O)Nc1cccc(Cl)c1)OC(=O)Nc1cccc(Cl)c1. The van der Waals surface area contributed by atoms with Gasteiger partial charge in [0, 0.05) is 28.0 Å². The molecule has 2 amide bonds. The largest absolute Gasteiger partial charge is 0.445 e. The molecule has 0 spiro atoms. The highest BCUT2D eigenvalue weighted by Gasteiger charge is 2.21. The zero-order valence-corrected chi connectivity index (χ0v) is 21.2. The monoisotopic (exact) mass is 509 g/mol. The molecule has 0 saturated carbocycles. The number of nitrogens with zero attached hydrogens (tertiary/aromatic N) is 1. The van der Waals surface area contributed by atoms with Crippen LogP contribution in [0.3, 0.4) is 0 Å². The summed E-state index contributed by atoms with van der Waals surface area (Å²) in [5, 5.41) is 6.30. The summed E-state index contributed by atoms with van der Waals surface area (Å²) in [5.41, 5.74) is 1.03. The minimum Gasteiger partial charge on any atom is -0.445 e. The summed E-state index contributed by atoms with van der Waals surface area (Å²) >= 11 is 11.9. The van der Waals surface area contributed by atoms with Crippen LogP contribution in [0.15, 0.2) is 48.5 Å². The Morgan fingerprint density at radius 3 is 1.91 bits per heavy atom. The first-order chi connectivity index (χ1) is 16.4. The van der Waals surface area contributed by atoms with Crippen LogP contribution in [-0.4, -0.2) is 49.4 Å². The quantitative estimate of drug-likeness (QED) is 0.302. The Hall–Kier alpha value is -2.48. The van der Waals surface area contributed by atoms with Crippen molar-refractivity contribution in [3.63, 3.8) is 0 Å². The van der Waals surface area contributed by atoms with Gasteiger partial charge in [-0.2, -0.15) is 0 Å². The maximum atomic E-state index is 12.6. The smallest absolute Gasteiger partial charge is 0.412 e. The van der Waals surface area contributed by atoms with Crippen molar-refractivity contribution in [2.45, 2.75) is 45.6 Å². The van der Waals surface area contributed by atoms with E-state index < -0.39 is 18.3 Å². The Bertz CT molecular complexity index is 905. The van der Waals surface area contributed by atoms with Crippen molar-refractivity contribution < 1.29 is 19.1 Å². The number of ether oxygens (including phenoxy) is 2. The van der Waals surface area contributed by atoms with Gasteiger partial charge in [0.1, 0.15) is 6.61 Å². The van der Waals surface area contributed by atoms with Crippen LogP contribution in [0, 0.1) is 0 Å². The highest BCUT2D eigenvalue weighted by Crippen LogP contribution is 2.17. The van der Waals surface area contributed by atoms with Gasteiger partial charge in [0.25, 0.3) is 0 Å². The molecule has 1 unspecified atom stereocenters. The van der Waals surface area contributed by atoms with Crippen LogP contribution in [0.5, 0.6) is 0 Å². The Labute approximate surface area is 211 Å². The van der Waals surface area contributed by atoms with Crippen molar-refractivity contribution in [1.82, 2.24) is 4.90 Å². The van der Waals surface area contributed by atoms with Gasteiger partial charge < -0.3 is 9.47 Å². The van der Waals surface area contributed by atoms with Crippen LogP contribution >= 0.6 is 23.2 Å². The van der Waals surface area contributed by atoms with Crippen LogP contribution < -0.4 is 10.6 Å². The van der Waals surface area contributed by atoms with Gasteiger partial charge in [-0.15, -0.1) is 0 Å². The molecule has 2 aromatic rings. The topological polar surface area (TPSA) is 79.9 Å². The molecule has 0 aliphatic rings. The van der Waals surface area contributed by atoms with Crippen LogP contribution in [0.1, 0.15) is 39.5 Å². The molecule has 2 aromatic carbocycles. The number of benzene rings is 2. The molecule has 9 heteroatoms. The Kier molecular flexibility index (Phi) is 12.6. The van der Waals surface area contributed by atoms with Gasteiger partial charge in [-0.25, -0.2) is 9.59 Å². The maximum absolute atomic E-state index is 12.6. The fraction of sp³-hybridized carbons (Fsp3) is 0.440. The Balaban J connectivity index is 2.01. The second-order valence-corrected chi connectivity index (χ2v) is 8.78. The molecule has 34 heavy (non-hydrogen) atoms. The lowest BCUT2D eigenvalue weighted by Crippen LogP contribution is -2.40. The van der Waals surface area contributed by atoms with E-state index in [9.17, 15) is 9.59 Å². The van der Waals surface area contributed by atoms with E-state index in [0.717, 1.165) is 38.8 Å². The first-order valence-corrected chi connectivity index (χ1v) is 12.3. The molecule has 0 fully saturated rings. The van der Waals surface area contributed by atoms with Gasteiger partial charge in [-0.05, 0) is 62.3 Å². The molecule has 0 aliphatic heterocycles. The van der Waals surface area contributed by atoms with Gasteiger partial charge in [-0.1, -0.05) is 62.0 Å². The number of anilines is 2. The van der Waals surface area contributed by atoms with Gasteiger partial charge in [-0.3, -0.25) is 15.5 Å². The molecule has 7 nitrogen and oxygen atoms in total. The van der Waals surface area contributed by atoms with Crippen LogP contribution in [0.25, 0.3) is 0 Å². The first-order valence-electron chi connectivity index (χ1n) is 11.5. The molecule has 1 atom stereocenters. The summed E-state index contributed by atoms with van der Waals surface area (Å²) in [6, 6.07) is 13.5. The predicted molar refractivity (Wildman–Crippen MR) is 138 cm³/mol. The molecule has 2 N–H and O–H groups in total. The third kappa shape index (κ3) is 11.1. The number of hydrogen-bond acceptors (Lipinski definition) is 5. The lowest BCUT2D eigenvalue weighted by atomic mass is 10.2.